The van der Waals surface area contributed by atoms with Crippen molar-refractivity contribution in [2.45, 2.75) is 19.5 Å². The van der Waals surface area contributed by atoms with Gasteiger partial charge in [-0.3, -0.25) is 4.79 Å². The average Bonchev–Trinajstić information content (AvgIpc) is 3.42. The van der Waals surface area contributed by atoms with E-state index in [4.69, 9.17) is 0 Å². The minimum Gasteiger partial charge on any atom is -0.363 e. The molecule has 3 N–H and O–H groups in total. The van der Waals surface area contributed by atoms with Crippen LogP contribution in [0.3, 0.4) is 0 Å². The van der Waals surface area contributed by atoms with Crippen molar-refractivity contribution < 1.29 is 4.79 Å². The molecule has 0 radical (unpaired) electrons. The van der Waals surface area contributed by atoms with E-state index in [1.807, 2.05) is 55.4 Å². The van der Waals surface area contributed by atoms with Crippen LogP contribution in [-0.2, 0) is 19.5 Å². The fourth-order valence-electron chi connectivity index (χ4n) is 3.08. The molecule has 160 valence electrons. The Morgan fingerprint density at radius 3 is 2.77 bits per heavy atom. The van der Waals surface area contributed by atoms with Gasteiger partial charge >= 0.3 is 0 Å². The molecule has 0 saturated heterocycles. The number of aromatic amines is 1. The van der Waals surface area contributed by atoms with Crippen LogP contribution in [0.5, 0.6) is 0 Å². The molecule has 0 spiro atoms. The van der Waals surface area contributed by atoms with Crippen LogP contribution in [0, 0.1) is 0 Å². The number of imidazole rings is 1. The first-order chi connectivity index (χ1) is 15.1. The first-order valence-electron chi connectivity index (χ1n) is 10.1. The molecule has 3 aromatic heterocycles. The van der Waals surface area contributed by atoms with Gasteiger partial charge in [-0.05, 0) is 23.8 Å². The number of amides is 1. The Kier molecular flexibility index (Phi) is 6.54. The van der Waals surface area contributed by atoms with E-state index < -0.39 is 0 Å². The topological polar surface area (TPSA) is 98.8 Å². The Morgan fingerprint density at radius 1 is 1.13 bits per heavy atom. The third kappa shape index (κ3) is 5.44. The maximum Gasteiger partial charge on any atom is 0.271 e. The van der Waals surface area contributed by atoms with Crippen LogP contribution >= 0.6 is 11.3 Å². The third-order valence-electron chi connectivity index (χ3n) is 4.75. The fourth-order valence-corrected chi connectivity index (χ4v) is 3.86. The van der Waals surface area contributed by atoms with Crippen LogP contribution < -0.4 is 15.5 Å². The van der Waals surface area contributed by atoms with Gasteiger partial charge in [-0.1, -0.05) is 18.2 Å². The minimum atomic E-state index is -0.172. The van der Waals surface area contributed by atoms with E-state index in [9.17, 15) is 4.79 Å². The number of benzene rings is 1. The number of rotatable bonds is 9. The molecule has 31 heavy (non-hydrogen) atoms. The van der Waals surface area contributed by atoms with Gasteiger partial charge < -0.3 is 20.5 Å². The lowest BCUT2D eigenvalue weighted by molar-refractivity contribution is 0.0946. The van der Waals surface area contributed by atoms with Crippen molar-refractivity contribution in [1.82, 2.24) is 30.6 Å². The van der Waals surface area contributed by atoms with E-state index in [1.165, 1.54) is 11.3 Å². The Balaban J connectivity index is 1.21. The molecule has 0 atom stereocenters. The van der Waals surface area contributed by atoms with Crippen molar-refractivity contribution in [3.05, 3.63) is 70.1 Å². The summed E-state index contributed by atoms with van der Waals surface area (Å²) in [6.45, 7) is 1.84. The van der Waals surface area contributed by atoms with Gasteiger partial charge in [-0.15, -0.1) is 11.3 Å². The summed E-state index contributed by atoms with van der Waals surface area (Å²) in [5.74, 6) is 1.62. The maximum atomic E-state index is 12.4. The number of hydrogen-bond acceptors (Lipinski definition) is 7. The third-order valence-corrected chi connectivity index (χ3v) is 5.66. The summed E-state index contributed by atoms with van der Waals surface area (Å²) in [5, 5.41) is 9.01. The lowest BCUT2D eigenvalue weighted by Crippen LogP contribution is -2.23. The Labute approximate surface area is 184 Å². The minimum absolute atomic E-state index is 0.172. The van der Waals surface area contributed by atoms with E-state index in [2.05, 4.69) is 30.6 Å². The Hall–Kier alpha value is -3.30. The van der Waals surface area contributed by atoms with Gasteiger partial charge in [-0.2, -0.15) is 0 Å². The largest absolute Gasteiger partial charge is 0.363 e. The van der Waals surface area contributed by atoms with Crippen molar-refractivity contribution in [3.8, 4) is 0 Å². The molecule has 4 rings (SSSR count). The Morgan fingerprint density at radius 2 is 2.00 bits per heavy atom. The summed E-state index contributed by atoms with van der Waals surface area (Å²) in [6.07, 6.45) is 2.53. The number of fused-ring (bicyclic) bond motifs is 1. The van der Waals surface area contributed by atoms with Crippen LogP contribution in [0.1, 0.15) is 26.9 Å². The lowest BCUT2D eigenvalue weighted by atomic mass is 10.2. The second kappa shape index (κ2) is 9.67. The second-order valence-electron chi connectivity index (χ2n) is 7.36. The normalized spacial score (nSPS) is 11.0. The van der Waals surface area contributed by atoms with Crippen LogP contribution in [0.4, 0.5) is 5.82 Å². The van der Waals surface area contributed by atoms with Crippen LogP contribution in [0.15, 0.2) is 48.0 Å². The summed E-state index contributed by atoms with van der Waals surface area (Å²) in [4.78, 5) is 31.0. The standard InChI is InChI=1S/C22H25N7OS/c1-29(2)20-8-7-15(11-24-20)12-25-22(30)18-14-31-21(28-18)9-10-23-13-19-26-16-5-3-4-6-17(16)27-19/h3-8,11,14,23H,9-10,12-13H2,1-2H3,(H,25,30)(H,26,27). The monoisotopic (exact) mass is 435 g/mol. The summed E-state index contributed by atoms with van der Waals surface area (Å²) >= 11 is 1.50. The highest BCUT2D eigenvalue weighted by atomic mass is 32.1. The van der Waals surface area contributed by atoms with Crippen molar-refractivity contribution in [3.63, 3.8) is 0 Å². The van der Waals surface area contributed by atoms with E-state index in [0.717, 1.165) is 46.2 Å². The number of anilines is 1. The van der Waals surface area contributed by atoms with E-state index in [-0.39, 0.29) is 5.91 Å². The van der Waals surface area contributed by atoms with Gasteiger partial charge in [0.15, 0.2) is 0 Å². The number of aromatic nitrogens is 4. The number of carbonyl (C=O) groups is 1. The molecule has 0 saturated carbocycles. The van der Waals surface area contributed by atoms with Crippen molar-refractivity contribution >= 4 is 34.1 Å². The molecule has 0 aliphatic heterocycles. The van der Waals surface area contributed by atoms with E-state index >= 15 is 0 Å². The molecule has 0 bridgehead atoms. The molecule has 9 heteroatoms. The molecule has 3 heterocycles. The van der Waals surface area contributed by atoms with Gasteiger partial charge in [0.05, 0.1) is 22.6 Å². The molecular formula is C22H25N7OS. The molecule has 0 aliphatic carbocycles. The second-order valence-corrected chi connectivity index (χ2v) is 8.30. The van der Waals surface area contributed by atoms with Gasteiger partial charge in [0.1, 0.15) is 17.3 Å². The molecular weight excluding hydrogens is 410 g/mol. The molecule has 0 unspecified atom stereocenters. The Bertz CT molecular complexity index is 1120. The van der Waals surface area contributed by atoms with E-state index in [1.54, 1.807) is 11.6 Å². The number of pyridine rings is 1. The zero-order valence-corrected chi connectivity index (χ0v) is 18.4. The fraction of sp³-hybridized carbons (Fsp3) is 0.273. The van der Waals surface area contributed by atoms with Gasteiger partial charge in [0.2, 0.25) is 0 Å². The van der Waals surface area contributed by atoms with Crippen molar-refractivity contribution in [2.24, 2.45) is 0 Å². The molecule has 8 nitrogen and oxygen atoms in total. The quantitative estimate of drug-likeness (QED) is 0.350. The summed E-state index contributed by atoms with van der Waals surface area (Å²) in [6, 6.07) is 11.9. The zero-order chi connectivity index (χ0) is 21.6. The number of hydrogen-bond donors (Lipinski definition) is 3. The molecule has 4 aromatic rings. The number of H-pyrrole nitrogens is 1. The number of nitrogens with zero attached hydrogens (tertiary/aromatic N) is 4. The van der Waals surface area contributed by atoms with Crippen molar-refractivity contribution in [1.29, 1.82) is 0 Å². The van der Waals surface area contributed by atoms with Crippen LogP contribution in [0.2, 0.25) is 0 Å². The highest BCUT2D eigenvalue weighted by Crippen LogP contribution is 2.12. The smallest absolute Gasteiger partial charge is 0.271 e. The zero-order valence-electron chi connectivity index (χ0n) is 17.6. The molecule has 1 amide bonds. The van der Waals surface area contributed by atoms with Crippen LogP contribution in [-0.4, -0.2) is 46.5 Å². The predicted octanol–water partition coefficient (Wildman–Crippen LogP) is 2.74. The first kappa shape index (κ1) is 21.0. The number of thiazole rings is 1. The number of para-hydroxylation sites is 2. The first-order valence-corrected chi connectivity index (χ1v) is 11.0. The van der Waals surface area contributed by atoms with Gasteiger partial charge in [0, 0.05) is 45.2 Å². The summed E-state index contributed by atoms with van der Waals surface area (Å²) in [5.41, 5.74) is 3.41. The van der Waals surface area contributed by atoms with Gasteiger partial charge in [0.25, 0.3) is 5.91 Å². The predicted molar refractivity (Wildman–Crippen MR) is 123 cm³/mol. The van der Waals surface area contributed by atoms with Gasteiger partial charge in [-0.25, -0.2) is 15.0 Å². The SMILES string of the molecule is CN(C)c1ccc(CNC(=O)c2csc(CCNCc3nc4ccccc4[nH]3)n2)cn1. The molecule has 1 aromatic carbocycles. The maximum absolute atomic E-state index is 12.4. The lowest BCUT2D eigenvalue weighted by Gasteiger charge is -2.11. The number of nitrogens with one attached hydrogen (secondary N) is 3. The number of carbonyl (C=O) groups excluding carboxylic acids is 1. The highest BCUT2D eigenvalue weighted by molar-refractivity contribution is 7.09. The highest BCUT2D eigenvalue weighted by Gasteiger charge is 2.11. The average molecular weight is 436 g/mol. The molecule has 0 fully saturated rings. The summed E-state index contributed by atoms with van der Waals surface area (Å²) < 4.78 is 0. The van der Waals surface area contributed by atoms with Crippen LogP contribution in [0.25, 0.3) is 11.0 Å². The molecule has 0 aliphatic rings. The summed E-state index contributed by atoms with van der Waals surface area (Å²) in [7, 11) is 3.88. The van der Waals surface area contributed by atoms with E-state index in [0.29, 0.717) is 18.8 Å². The van der Waals surface area contributed by atoms with Crippen molar-refractivity contribution in [2.75, 3.05) is 25.5 Å².